The minimum atomic E-state index is 0.201. The Labute approximate surface area is 97.7 Å². The number of nitrogens with zero attached hydrogens (tertiary/aromatic N) is 1. The van der Waals surface area contributed by atoms with Gasteiger partial charge >= 0.3 is 0 Å². The Morgan fingerprint density at radius 3 is 2.87 bits per heavy atom. The van der Waals surface area contributed by atoms with Gasteiger partial charge in [0.1, 0.15) is 0 Å². The maximum atomic E-state index is 11.0. The molecule has 1 aliphatic rings. The summed E-state index contributed by atoms with van der Waals surface area (Å²) in [6.45, 7) is 1.95. The van der Waals surface area contributed by atoms with E-state index in [1.54, 1.807) is 0 Å². The molecule has 1 aromatic carbocycles. The molecule has 1 aromatic rings. The summed E-state index contributed by atoms with van der Waals surface area (Å²) in [4.78, 5) is 15.4. The highest BCUT2D eigenvalue weighted by atomic mass is 35.5. The van der Waals surface area contributed by atoms with Crippen LogP contribution in [0.2, 0.25) is 5.02 Å². The van der Waals surface area contributed by atoms with E-state index in [0.29, 0.717) is 17.2 Å². The smallest absolute Gasteiger partial charge is 0.194 e. The summed E-state index contributed by atoms with van der Waals surface area (Å²) in [5, 5.41) is 0.917. The molecular formula is C11H10ClNOS. The van der Waals surface area contributed by atoms with Crippen LogP contribution in [0.3, 0.4) is 0 Å². The van der Waals surface area contributed by atoms with E-state index in [1.807, 2.05) is 25.1 Å². The average molecular weight is 240 g/mol. The van der Waals surface area contributed by atoms with Crippen molar-refractivity contribution in [2.45, 2.75) is 13.3 Å². The van der Waals surface area contributed by atoms with Crippen LogP contribution in [0.1, 0.15) is 12.0 Å². The van der Waals surface area contributed by atoms with E-state index < -0.39 is 0 Å². The van der Waals surface area contributed by atoms with Crippen LogP contribution < -0.4 is 0 Å². The molecular weight excluding hydrogens is 230 g/mol. The predicted octanol–water partition coefficient (Wildman–Crippen LogP) is 3.38. The minimum absolute atomic E-state index is 0.201. The van der Waals surface area contributed by atoms with Crippen LogP contribution in [0.25, 0.3) is 0 Å². The number of carbonyl (C=O) groups is 1. The molecule has 2 rings (SSSR count). The molecule has 0 amide bonds. The van der Waals surface area contributed by atoms with Crippen LogP contribution in [0.5, 0.6) is 0 Å². The average Bonchev–Trinajstić information content (AvgIpc) is 2.58. The first-order chi connectivity index (χ1) is 7.15. The topological polar surface area (TPSA) is 29.4 Å². The number of aliphatic imine (C=N–C) groups is 1. The van der Waals surface area contributed by atoms with E-state index in [0.717, 1.165) is 17.0 Å². The number of hydrogen-bond acceptors (Lipinski definition) is 3. The Hall–Kier alpha value is -0.800. The van der Waals surface area contributed by atoms with Gasteiger partial charge in [-0.1, -0.05) is 29.4 Å². The molecule has 1 fully saturated rings. The summed E-state index contributed by atoms with van der Waals surface area (Å²) in [5.74, 6) is 0.713. The number of benzene rings is 1. The lowest BCUT2D eigenvalue weighted by Crippen LogP contribution is -1.94. The lowest BCUT2D eigenvalue weighted by molar-refractivity contribution is -0.109. The summed E-state index contributed by atoms with van der Waals surface area (Å²) in [5.41, 5.74) is 2.80. The fraction of sp³-hybridized carbons (Fsp3) is 0.273. The SMILES string of the molecule is Cc1ccc(N=C2CSC(=O)C2)cc1Cl. The van der Waals surface area contributed by atoms with Gasteiger partial charge in [-0.2, -0.15) is 0 Å². The van der Waals surface area contributed by atoms with Crippen molar-refractivity contribution in [3.05, 3.63) is 28.8 Å². The lowest BCUT2D eigenvalue weighted by Gasteiger charge is -1.99. The molecule has 0 radical (unpaired) electrons. The summed E-state index contributed by atoms with van der Waals surface area (Å²) in [6, 6.07) is 5.69. The van der Waals surface area contributed by atoms with Crippen LogP contribution >= 0.6 is 23.4 Å². The third-order valence-corrected chi connectivity index (χ3v) is 3.54. The molecule has 2 nitrogen and oxygen atoms in total. The van der Waals surface area contributed by atoms with Crippen LogP contribution in [0.15, 0.2) is 23.2 Å². The van der Waals surface area contributed by atoms with Crippen molar-refractivity contribution in [2.75, 3.05) is 5.75 Å². The number of rotatable bonds is 1. The highest BCUT2D eigenvalue weighted by Gasteiger charge is 2.17. The molecule has 15 heavy (non-hydrogen) atoms. The zero-order chi connectivity index (χ0) is 10.8. The fourth-order valence-electron chi connectivity index (χ4n) is 1.34. The Morgan fingerprint density at radius 2 is 2.27 bits per heavy atom. The zero-order valence-electron chi connectivity index (χ0n) is 8.29. The highest BCUT2D eigenvalue weighted by molar-refractivity contribution is 8.14. The Morgan fingerprint density at radius 1 is 1.47 bits per heavy atom. The fourth-order valence-corrected chi connectivity index (χ4v) is 2.28. The van der Waals surface area contributed by atoms with Crippen LogP contribution in [-0.4, -0.2) is 16.6 Å². The van der Waals surface area contributed by atoms with Crippen molar-refractivity contribution >= 4 is 39.9 Å². The number of aryl methyl sites for hydroxylation is 1. The summed E-state index contributed by atoms with van der Waals surface area (Å²) in [7, 11) is 0. The molecule has 1 saturated heterocycles. The van der Waals surface area contributed by atoms with Gasteiger partial charge in [0.05, 0.1) is 12.1 Å². The zero-order valence-corrected chi connectivity index (χ0v) is 9.86. The van der Waals surface area contributed by atoms with Gasteiger partial charge in [0.2, 0.25) is 0 Å². The first-order valence-electron chi connectivity index (χ1n) is 4.63. The van der Waals surface area contributed by atoms with E-state index in [9.17, 15) is 4.79 Å². The number of thioether (sulfide) groups is 1. The number of halogens is 1. The molecule has 4 heteroatoms. The van der Waals surface area contributed by atoms with E-state index >= 15 is 0 Å². The van der Waals surface area contributed by atoms with Gasteiger partial charge in [0, 0.05) is 16.5 Å². The lowest BCUT2D eigenvalue weighted by atomic mass is 10.2. The largest absolute Gasteiger partial charge is 0.287 e. The maximum Gasteiger partial charge on any atom is 0.194 e. The molecule has 0 unspecified atom stereocenters. The normalized spacial score (nSPS) is 18.8. The second-order valence-electron chi connectivity index (χ2n) is 3.45. The van der Waals surface area contributed by atoms with E-state index in [2.05, 4.69) is 4.99 Å². The quantitative estimate of drug-likeness (QED) is 0.752. The maximum absolute atomic E-state index is 11.0. The number of carbonyl (C=O) groups excluding carboxylic acids is 1. The molecule has 0 atom stereocenters. The molecule has 1 aliphatic heterocycles. The molecule has 0 bridgehead atoms. The Kier molecular flexibility index (Phi) is 3.12. The van der Waals surface area contributed by atoms with Gasteiger partial charge in [0.25, 0.3) is 0 Å². The van der Waals surface area contributed by atoms with Gasteiger partial charge < -0.3 is 0 Å². The van der Waals surface area contributed by atoms with E-state index in [-0.39, 0.29) is 5.12 Å². The molecule has 0 N–H and O–H groups in total. The summed E-state index contributed by atoms with van der Waals surface area (Å²) in [6.07, 6.45) is 0.468. The second kappa shape index (κ2) is 4.37. The molecule has 1 heterocycles. The van der Waals surface area contributed by atoms with Gasteiger partial charge in [-0.25, -0.2) is 0 Å². The van der Waals surface area contributed by atoms with Crippen LogP contribution in [-0.2, 0) is 4.79 Å². The second-order valence-corrected chi connectivity index (χ2v) is 4.89. The molecule has 0 aliphatic carbocycles. The van der Waals surface area contributed by atoms with E-state index in [1.165, 1.54) is 11.8 Å². The van der Waals surface area contributed by atoms with Crippen molar-refractivity contribution < 1.29 is 4.79 Å². The third-order valence-electron chi connectivity index (χ3n) is 2.19. The Balaban J connectivity index is 2.24. The van der Waals surface area contributed by atoms with Crippen molar-refractivity contribution in [1.29, 1.82) is 0 Å². The van der Waals surface area contributed by atoms with Gasteiger partial charge in [-0.05, 0) is 24.6 Å². The molecule has 0 spiro atoms. The van der Waals surface area contributed by atoms with Crippen molar-refractivity contribution in [3.63, 3.8) is 0 Å². The summed E-state index contributed by atoms with van der Waals surface area (Å²) < 4.78 is 0. The van der Waals surface area contributed by atoms with Gasteiger partial charge in [0.15, 0.2) is 5.12 Å². The molecule has 78 valence electrons. The molecule has 0 aromatic heterocycles. The van der Waals surface area contributed by atoms with Gasteiger partial charge in [-0.15, -0.1) is 0 Å². The van der Waals surface area contributed by atoms with Gasteiger partial charge in [-0.3, -0.25) is 9.79 Å². The Bertz CT molecular complexity index is 442. The standard InChI is InChI=1S/C11H10ClNOS/c1-7-2-3-8(4-10(7)12)13-9-5-11(14)15-6-9/h2-4H,5-6H2,1H3. The summed E-state index contributed by atoms with van der Waals surface area (Å²) >= 11 is 7.32. The van der Waals surface area contributed by atoms with Crippen molar-refractivity contribution in [2.24, 2.45) is 4.99 Å². The molecule has 0 saturated carbocycles. The minimum Gasteiger partial charge on any atom is -0.287 e. The van der Waals surface area contributed by atoms with E-state index in [4.69, 9.17) is 11.6 Å². The van der Waals surface area contributed by atoms with Crippen molar-refractivity contribution in [1.82, 2.24) is 0 Å². The first kappa shape index (κ1) is 10.7. The highest BCUT2D eigenvalue weighted by Crippen LogP contribution is 2.25. The van der Waals surface area contributed by atoms with Crippen LogP contribution in [0, 0.1) is 6.92 Å². The van der Waals surface area contributed by atoms with Crippen molar-refractivity contribution in [3.8, 4) is 0 Å². The third kappa shape index (κ3) is 2.61. The number of hydrogen-bond donors (Lipinski definition) is 0. The first-order valence-corrected chi connectivity index (χ1v) is 6.00. The predicted molar refractivity (Wildman–Crippen MR) is 65.4 cm³/mol. The van der Waals surface area contributed by atoms with Crippen LogP contribution in [0.4, 0.5) is 5.69 Å². The monoisotopic (exact) mass is 239 g/mol.